The van der Waals surface area contributed by atoms with Crippen LogP contribution in [0.25, 0.3) is 52.6 Å². The number of hydrogen-bond acceptors (Lipinski definition) is 2. The van der Waals surface area contributed by atoms with Gasteiger partial charge in [0.05, 0.1) is 0 Å². The molecule has 6 rings (SSSR count). The van der Waals surface area contributed by atoms with Crippen LogP contribution in [0.15, 0.2) is 77.6 Å². The molecule has 0 saturated heterocycles. The quantitative estimate of drug-likeness (QED) is 0.325. The molecule has 2 nitrogen and oxygen atoms in total. The average Bonchev–Trinajstić information content (AvgIpc) is 3.10. The Bertz CT molecular complexity index is 1560. The number of para-hydroxylation sites is 1. The third-order valence-corrected chi connectivity index (χ3v) is 6.44. The van der Waals surface area contributed by atoms with Crippen LogP contribution in [-0.2, 0) is 0 Å². The maximum atomic E-state index is 12.8. The smallest absolute Gasteiger partial charge is 0.266 e. The van der Waals surface area contributed by atoms with Crippen molar-refractivity contribution >= 4 is 64.0 Å². The fraction of sp³-hybridized carbons (Fsp3) is 0. The second-order valence-corrected chi connectivity index (χ2v) is 7.62. The lowest BCUT2D eigenvalue weighted by Gasteiger charge is -2.07. The van der Waals surface area contributed by atoms with E-state index in [0.717, 1.165) is 21.0 Å². The molecule has 0 aliphatic heterocycles. The summed E-state index contributed by atoms with van der Waals surface area (Å²) in [5.41, 5.74) is 0.884. The van der Waals surface area contributed by atoms with E-state index >= 15 is 0 Å². The Morgan fingerprint density at radius 1 is 0.577 bits per heavy atom. The molecular formula is C23H13NOS. The predicted octanol–water partition coefficient (Wildman–Crippen LogP) is 6.20. The van der Waals surface area contributed by atoms with E-state index in [4.69, 9.17) is 0 Å². The molecule has 1 N–H and O–H groups in total. The van der Waals surface area contributed by atoms with Gasteiger partial charge in [0, 0.05) is 31.8 Å². The molecule has 0 saturated carbocycles. The molecular weight excluding hydrogens is 338 g/mol. The van der Waals surface area contributed by atoms with Gasteiger partial charge in [-0.2, -0.15) is 0 Å². The monoisotopic (exact) mass is 351 g/mol. The van der Waals surface area contributed by atoms with Gasteiger partial charge in [0.1, 0.15) is 4.70 Å². The lowest BCUT2D eigenvalue weighted by Crippen LogP contribution is -2.03. The summed E-state index contributed by atoms with van der Waals surface area (Å²) in [6, 6.07) is 25.1. The predicted molar refractivity (Wildman–Crippen MR) is 112 cm³/mol. The number of H-pyrrole nitrogens is 1. The summed E-state index contributed by atoms with van der Waals surface area (Å²) in [7, 11) is 0. The first kappa shape index (κ1) is 14.0. The molecule has 0 radical (unpaired) electrons. The van der Waals surface area contributed by atoms with Crippen LogP contribution in [-0.4, -0.2) is 4.98 Å². The standard InChI is InChI=1S/C23H13NOS/c25-23-22-20(17-11-5-6-12-18(17)24-23)19-15-9-3-1-7-13(15)14-8-2-4-10-16(14)21(19)26-22/h1-12H,(H,24,25). The number of nitrogens with one attached hydrogen (secondary N) is 1. The molecule has 0 bridgehead atoms. The summed E-state index contributed by atoms with van der Waals surface area (Å²) in [5.74, 6) is 0. The van der Waals surface area contributed by atoms with Crippen LogP contribution >= 0.6 is 11.3 Å². The molecule has 26 heavy (non-hydrogen) atoms. The van der Waals surface area contributed by atoms with Crippen molar-refractivity contribution in [2.24, 2.45) is 0 Å². The molecule has 2 heterocycles. The average molecular weight is 351 g/mol. The lowest BCUT2D eigenvalue weighted by molar-refractivity contribution is 1.36. The van der Waals surface area contributed by atoms with Gasteiger partial charge in [-0.25, -0.2) is 0 Å². The Hall–Kier alpha value is -3.17. The number of aromatic nitrogens is 1. The van der Waals surface area contributed by atoms with Gasteiger partial charge >= 0.3 is 0 Å². The Kier molecular flexibility index (Phi) is 2.66. The van der Waals surface area contributed by atoms with Crippen LogP contribution in [0.1, 0.15) is 0 Å². The zero-order chi connectivity index (χ0) is 17.3. The second kappa shape index (κ2) is 4.93. The normalized spacial score (nSPS) is 12.0. The lowest BCUT2D eigenvalue weighted by atomic mass is 9.96. The summed E-state index contributed by atoms with van der Waals surface area (Å²) >= 11 is 1.60. The van der Waals surface area contributed by atoms with Gasteiger partial charge in [-0.15, -0.1) is 11.3 Å². The highest BCUT2D eigenvalue weighted by molar-refractivity contribution is 7.27. The number of pyridine rings is 1. The van der Waals surface area contributed by atoms with Crippen molar-refractivity contribution in [2.75, 3.05) is 0 Å². The van der Waals surface area contributed by atoms with Gasteiger partial charge in [-0.3, -0.25) is 4.79 Å². The van der Waals surface area contributed by atoms with Crippen molar-refractivity contribution in [2.45, 2.75) is 0 Å². The molecule has 0 fully saturated rings. The van der Waals surface area contributed by atoms with E-state index in [1.54, 1.807) is 11.3 Å². The van der Waals surface area contributed by atoms with E-state index in [1.807, 2.05) is 18.2 Å². The zero-order valence-electron chi connectivity index (χ0n) is 13.7. The van der Waals surface area contributed by atoms with Crippen LogP contribution in [0.4, 0.5) is 0 Å². The molecule has 0 aliphatic carbocycles. The number of aromatic amines is 1. The van der Waals surface area contributed by atoms with Crippen LogP contribution in [0.2, 0.25) is 0 Å². The highest BCUT2D eigenvalue weighted by atomic mass is 32.1. The molecule has 2 aromatic heterocycles. The van der Waals surface area contributed by atoms with Crippen molar-refractivity contribution in [3.8, 4) is 0 Å². The Morgan fingerprint density at radius 3 is 1.88 bits per heavy atom. The first-order valence-electron chi connectivity index (χ1n) is 8.59. The van der Waals surface area contributed by atoms with Crippen molar-refractivity contribution in [3.05, 3.63) is 83.2 Å². The van der Waals surface area contributed by atoms with Gasteiger partial charge in [0.15, 0.2) is 0 Å². The summed E-state index contributed by atoms with van der Waals surface area (Å²) in [4.78, 5) is 15.8. The number of benzene rings is 4. The number of thiophene rings is 1. The minimum atomic E-state index is -0.00642. The van der Waals surface area contributed by atoms with Gasteiger partial charge in [-0.05, 0) is 22.2 Å². The minimum absolute atomic E-state index is 0.00642. The van der Waals surface area contributed by atoms with Crippen molar-refractivity contribution in [1.29, 1.82) is 0 Å². The van der Waals surface area contributed by atoms with Crippen molar-refractivity contribution in [1.82, 2.24) is 4.98 Å². The van der Waals surface area contributed by atoms with Crippen LogP contribution < -0.4 is 5.56 Å². The zero-order valence-corrected chi connectivity index (χ0v) is 14.6. The van der Waals surface area contributed by atoms with E-state index in [0.29, 0.717) is 0 Å². The molecule has 0 spiro atoms. The van der Waals surface area contributed by atoms with Gasteiger partial charge < -0.3 is 4.98 Å². The van der Waals surface area contributed by atoms with Crippen LogP contribution in [0.5, 0.6) is 0 Å². The number of rotatable bonds is 0. The van der Waals surface area contributed by atoms with Crippen molar-refractivity contribution in [3.63, 3.8) is 0 Å². The fourth-order valence-electron chi connectivity index (χ4n) is 4.14. The Balaban J connectivity index is 2.09. The SMILES string of the molecule is O=c1[nH]c2ccccc2c2c1sc1c3ccccc3c3ccccc3c12. The molecule has 122 valence electrons. The Morgan fingerprint density at radius 2 is 1.12 bits per heavy atom. The molecule has 0 atom stereocenters. The Labute approximate surface area is 152 Å². The highest BCUT2D eigenvalue weighted by Gasteiger charge is 2.17. The van der Waals surface area contributed by atoms with E-state index in [1.165, 1.54) is 31.6 Å². The summed E-state index contributed by atoms with van der Waals surface area (Å²) in [6.45, 7) is 0. The topological polar surface area (TPSA) is 32.9 Å². The fourth-order valence-corrected chi connectivity index (χ4v) is 5.40. The number of fused-ring (bicyclic) bond motifs is 10. The van der Waals surface area contributed by atoms with Crippen LogP contribution in [0.3, 0.4) is 0 Å². The molecule has 0 amide bonds. The summed E-state index contributed by atoms with van der Waals surface area (Å²) in [5, 5.41) is 8.28. The van der Waals surface area contributed by atoms with E-state index in [-0.39, 0.29) is 5.56 Å². The van der Waals surface area contributed by atoms with Gasteiger partial charge in [0.2, 0.25) is 0 Å². The maximum Gasteiger partial charge on any atom is 0.266 e. The molecule has 3 heteroatoms. The molecule has 0 aliphatic rings. The second-order valence-electron chi connectivity index (χ2n) is 6.60. The maximum absolute atomic E-state index is 12.8. The van der Waals surface area contributed by atoms with E-state index in [2.05, 4.69) is 59.6 Å². The van der Waals surface area contributed by atoms with E-state index in [9.17, 15) is 4.79 Å². The first-order chi connectivity index (χ1) is 12.8. The number of hydrogen-bond donors (Lipinski definition) is 1. The third-order valence-electron chi connectivity index (χ3n) is 5.22. The molecule has 0 unspecified atom stereocenters. The largest absolute Gasteiger partial charge is 0.321 e. The molecule has 4 aromatic carbocycles. The highest BCUT2D eigenvalue weighted by Crippen LogP contribution is 2.44. The molecule has 6 aromatic rings. The van der Waals surface area contributed by atoms with E-state index < -0.39 is 0 Å². The van der Waals surface area contributed by atoms with Gasteiger partial charge in [-0.1, -0.05) is 66.7 Å². The minimum Gasteiger partial charge on any atom is -0.321 e. The summed E-state index contributed by atoms with van der Waals surface area (Å²) in [6.07, 6.45) is 0. The third kappa shape index (κ3) is 1.68. The summed E-state index contributed by atoms with van der Waals surface area (Å²) < 4.78 is 2.00. The van der Waals surface area contributed by atoms with Gasteiger partial charge in [0.25, 0.3) is 5.56 Å². The van der Waals surface area contributed by atoms with Crippen molar-refractivity contribution < 1.29 is 0 Å². The van der Waals surface area contributed by atoms with Crippen LogP contribution in [0, 0.1) is 0 Å². The first-order valence-corrected chi connectivity index (χ1v) is 9.41.